The molecule has 104 valence electrons. The van der Waals surface area contributed by atoms with Crippen molar-refractivity contribution in [1.82, 2.24) is 5.32 Å². The van der Waals surface area contributed by atoms with Crippen LogP contribution < -0.4 is 11.1 Å². The highest BCUT2D eigenvalue weighted by molar-refractivity contribution is 6.35. The molecule has 1 aliphatic carbocycles. The predicted octanol–water partition coefficient (Wildman–Crippen LogP) is 3.23. The molecule has 3 nitrogen and oxygen atoms in total. The molecule has 0 spiro atoms. The van der Waals surface area contributed by atoms with Crippen molar-refractivity contribution in [2.45, 2.75) is 44.2 Å². The number of nitrogens with one attached hydrogen (secondary N) is 1. The van der Waals surface area contributed by atoms with Crippen molar-refractivity contribution >= 4 is 29.1 Å². The van der Waals surface area contributed by atoms with Crippen LogP contribution in [0.3, 0.4) is 0 Å². The largest absolute Gasteiger partial charge is 0.368 e. The molecule has 1 saturated carbocycles. The van der Waals surface area contributed by atoms with Crippen LogP contribution in [0.1, 0.15) is 38.2 Å². The molecule has 1 aromatic carbocycles. The van der Waals surface area contributed by atoms with E-state index in [4.69, 9.17) is 28.9 Å². The minimum absolute atomic E-state index is 0.309. The Hall–Kier alpha value is -0.770. The van der Waals surface area contributed by atoms with Crippen LogP contribution in [0, 0.1) is 0 Å². The highest BCUT2D eigenvalue weighted by Gasteiger charge is 2.37. The second kappa shape index (κ2) is 5.70. The quantitative estimate of drug-likeness (QED) is 0.897. The van der Waals surface area contributed by atoms with Crippen molar-refractivity contribution in [3.8, 4) is 0 Å². The van der Waals surface area contributed by atoms with Crippen molar-refractivity contribution in [1.29, 1.82) is 0 Å². The van der Waals surface area contributed by atoms with Crippen LogP contribution in [0.25, 0.3) is 0 Å². The third-order valence-electron chi connectivity index (χ3n) is 3.81. The lowest BCUT2D eigenvalue weighted by Gasteiger charge is -2.32. The normalized spacial score (nSPS) is 19.3. The van der Waals surface area contributed by atoms with Crippen LogP contribution in [-0.2, 0) is 10.3 Å². The minimum Gasteiger partial charge on any atom is -0.368 e. The number of amides is 1. The van der Waals surface area contributed by atoms with Crippen LogP contribution in [-0.4, -0.2) is 11.9 Å². The van der Waals surface area contributed by atoms with Crippen molar-refractivity contribution in [2.24, 2.45) is 5.73 Å². The first-order chi connectivity index (χ1) is 8.93. The molecule has 0 saturated heterocycles. The average molecular weight is 301 g/mol. The molecule has 0 aliphatic heterocycles. The summed E-state index contributed by atoms with van der Waals surface area (Å²) in [4.78, 5) is 11.9. The van der Waals surface area contributed by atoms with Crippen LogP contribution >= 0.6 is 23.2 Å². The molecule has 3 N–H and O–H groups in total. The Morgan fingerprint density at radius 1 is 1.37 bits per heavy atom. The zero-order chi connectivity index (χ0) is 14.0. The molecule has 1 unspecified atom stereocenters. The third kappa shape index (κ3) is 3.04. The maximum Gasteiger partial charge on any atom is 0.242 e. The molecule has 0 bridgehead atoms. The van der Waals surface area contributed by atoms with E-state index < -0.39 is 11.4 Å². The first kappa shape index (κ1) is 14.6. The summed E-state index contributed by atoms with van der Waals surface area (Å²) in [5.74, 6) is -0.427. The van der Waals surface area contributed by atoms with Gasteiger partial charge in [-0.3, -0.25) is 10.1 Å². The van der Waals surface area contributed by atoms with Gasteiger partial charge in [0.25, 0.3) is 0 Å². The Balaban J connectivity index is 2.34. The molecule has 1 amide bonds. The Morgan fingerprint density at radius 3 is 2.53 bits per heavy atom. The van der Waals surface area contributed by atoms with Crippen LogP contribution in [0.2, 0.25) is 10.0 Å². The Morgan fingerprint density at radius 2 is 2.00 bits per heavy atom. The maximum absolute atomic E-state index is 11.9. The van der Waals surface area contributed by atoms with Crippen molar-refractivity contribution in [3.05, 3.63) is 33.8 Å². The Labute approximate surface area is 123 Å². The molecule has 5 heteroatoms. The Bertz CT molecular complexity index is 486. The first-order valence-corrected chi connectivity index (χ1v) is 7.22. The fraction of sp³-hybridized carbons (Fsp3) is 0.500. The number of halogens is 2. The van der Waals surface area contributed by atoms with Crippen LogP contribution in [0.15, 0.2) is 18.2 Å². The highest BCUT2D eigenvalue weighted by Crippen LogP contribution is 2.32. The topological polar surface area (TPSA) is 55.1 Å². The summed E-state index contributed by atoms with van der Waals surface area (Å²) >= 11 is 12.1. The number of carbonyl (C=O) groups excluding carboxylic acids is 1. The number of primary amides is 1. The second-order valence-corrected chi connectivity index (χ2v) is 6.08. The minimum atomic E-state index is -0.962. The van der Waals surface area contributed by atoms with Gasteiger partial charge in [0.15, 0.2) is 0 Å². The summed E-state index contributed by atoms with van der Waals surface area (Å²) in [6.07, 6.45) is 4.49. The molecule has 2 rings (SSSR count). The number of benzene rings is 1. The van der Waals surface area contributed by atoms with E-state index in [0.717, 1.165) is 12.8 Å². The first-order valence-electron chi connectivity index (χ1n) is 6.46. The van der Waals surface area contributed by atoms with E-state index in [1.165, 1.54) is 12.8 Å². The van der Waals surface area contributed by atoms with Crippen molar-refractivity contribution < 1.29 is 4.79 Å². The van der Waals surface area contributed by atoms with Gasteiger partial charge in [-0.05, 0) is 31.9 Å². The zero-order valence-corrected chi connectivity index (χ0v) is 12.4. The molecule has 0 aromatic heterocycles. The van der Waals surface area contributed by atoms with Crippen LogP contribution in [0.5, 0.6) is 0 Å². The van der Waals surface area contributed by atoms with Gasteiger partial charge < -0.3 is 5.73 Å². The van der Waals surface area contributed by atoms with E-state index in [1.54, 1.807) is 25.1 Å². The van der Waals surface area contributed by atoms with Gasteiger partial charge in [-0.25, -0.2) is 0 Å². The van der Waals surface area contributed by atoms with Gasteiger partial charge in [0.1, 0.15) is 5.54 Å². The lowest BCUT2D eigenvalue weighted by atomic mass is 9.90. The number of carbonyl (C=O) groups is 1. The highest BCUT2D eigenvalue weighted by atomic mass is 35.5. The standard InChI is InChI=1S/C14H18Cl2N2O/c1-14(13(17)19,18-10-4-2-3-5-10)11-7-6-9(15)8-12(11)16/h6-8,10,18H,2-5H2,1H3,(H2,17,19). The SMILES string of the molecule is CC(NC1CCCC1)(C(N)=O)c1ccc(Cl)cc1Cl. The van der Waals surface area contributed by atoms with Crippen molar-refractivity contribution in [2.75, 3.05) is 0 Å². The summed E-state index contributed by atoms with van der Waals surface area (Å²) in [7, 11) is 0. The summed E-state index contributed by atoms with van der Waals surface area (Å²) in [6, 6.07) is 5.43. The number of rotatable bonds is 4. The van der Waals surface area contributed by atoms with Gasteiger partial charge in [0.05, 0.1) is 0 Å². The molecule has 1 fully saturated rings. The summed E-state index contributed by atoms with van der Waals surface area (Å²) in [5.41, 5.74) is 5.31. The zero-order valence-electron chi connectivity index (χ0n) is 10.9. The number of nitrogens with two attached hydrogens (primary N) is 1. The number of hydrogen-bond acceptors (Lipinski definition) is 2. The fourth-order valence-electron chi connectivity index (χ4n) is 2.65. The van der Waals surface area contributed by atoms with Gasteiger partial charge >= 0.3 is 0 Å². The van der Waals surface area contributed by atoms with Gasteiger partial charge in [-0.15, -0.1) is 0 Å². The van der Waals surface area contributed by atoms with E-state index in [9.17, 15) is 4.79 Å². The van der Waals surface area contributed by atoms with Gasteiger partial charge in [-0.2, -0.15) is 0 Å². The molecule has 1 aliphatic rings. The lowest BCUT2D eigenvalue weighted by Crippen LogP contribution is -2.53. The van der Waals surface area contributed by atoms with Gasteiger partial charge in [0, 0.05) is 21.7 Å². The fourth-order valence-corrected chi connectivity index (χ4v) is 3.25. The molecular weight excluding hydrogens is 283 g/mol. The molecule has 0 radical (unpaired) electrons. The Kier molecular flexibility index (Phi) is 4.39. The predicted molar refractivity (Wildman–Crippen MR) is 78.4 cm³/mol. The van der Waals surface area contributed by atoms with E-state index in [1.807, 2.05) is 0 Å². The summed E-state index contributed by atoms with van der Waals surface area (Å²) in [5, 5.41) is 4.37. The second-order valence-electron chi connectivity index (χ2n) is 5.24. The van der Waals surface area contributed by atoms with Gasteiger partial charge in [-0.1, -0.05) is 42.1 Å². The van der Waals surface area contributed by atoms with Crippen molar-refractivity contribution in [3.63, 3.8) is 0 Å². The molecule has 1 atom stereocenters. The third-order valence-corrected chi connectivity index (χ3v) is 4.36. The van der Waals surface area contributed by atoms with Crippen LogP contribution in [0.4, 0.5) is 0 Å². The van der Waals surface area contributed by atoms with E-state index in [2.05, 4.69) is 5.32 Å². The smallest absolute Gasteiger partial charge is 0.242 e. The van der Waals surface area contributed by atoms with Gasteiger partial charge in [0.2, 0.25) is 5.91 Å². The molecule has 0 heterocycles. The summed E-state index contributed by atoms with van der Waals surface area (Å²) < 4.78 is 0. The lowest BCUT2D eigenvalue weighted by molar-refractivity contribution is -0.124. The molecule has 1 aromatic rings. The van der Waals surface area contributed by atoms with E-state index >= 15 is 0 Å². The van der Waals surface area contributed by atoms with E-state index in [0.29, 0.717) is 21.7 Å². The monoisotopic (exact) mass is 300 g/mol. The van der Waals surface area contributed by atoms with E-state index in [-0.39, 0.29) is 0 Å². The number of hydrogen-bond donors (Lipinski definition) is 2. The maximum atomic E-state index is 11.9. The molecule has 19 heavy (non-hydrogen) atoms. The average Bonchev–Trinajstić information content (AvgIpc) is 2.81. The summed E-state index contributed by atoms with van der Waals surface area (Å²) in [6.45, 7) is 1.78. The molecular formula is C14H18Cl2N2O.